The van der Waals surface area contributed by atoms with E-state index in [1.165, 1.54) is 11.1 Å². The number of aromatic nitrogens is 1. The van der Waals surface area contributed by atoms with Gasteiger partial charge in [-0.05, 0) is 39.2 Å². The number of para-hydroxylation sites is 1. The highest BCUT2D eigenvalue weighted by atomic mass is 79.9. The lowest BCUT2D eigenvalue weighted by molar-refractivity contribution is 0.282. The molecular weight excluding hydrogens is 402 g/mol. The predicted octanol–water partition coefficient (Wildman–Crippen LogP) is 5.61. The van der Waals surface area contributed by atoms with Crippen LogP contribution in [-0.4, -0.2) is 12.1 Å². The van der Waals surface area contributed by atoms with Gasteiger partial charge in [0.25, 0.3) is 0 Å². The topological polar surface area (TPSA) is 31.4 Å². The number of hydrogen-bond donors (Lipinski definition) is 0. The second-order valence-electron chi connectivity index (χ2n) is 6.48. The molecule has 0 fully saturated rings. The summed E-state index contributed by atoms with van der Waals surface area (Å²) in [5.41, 5.74) is 5.86. The van der Waals surface area contributed by atoms with Crippen molar-refractivity contribution in [3.8, 4) is 11.5 Å². The average Bonchev–Trinajstić information content (AvgIpc) is 3.09. The Bertz CT molecular complexity index is 983. The third-order valence-electron chi connectivity index (χ3n) is 4.71. The van der Waals surface area contributed by atoms with Crippen LogP contribution in [0.15, 0.2) is 71.3 Å². The number of pyridine rings is 1. The molecule has 0 atom stereocenters. The first kappa shape index (κ1) is 17.8. The maximum absolute atomic E-state index is 6.19. The fourth-order valence-electron chi connectivity index (χ4n) is 3.37. The highest BCUT2D eigenvalue weighted by molar-refractivity contribution is 9.10. The monoisotopic (exact) mass is 421 g/mol. The Hall–Kier alpha value is -2.59. The van der Waals surface area contributed by atoms with E-state index in [-0.39, 0.29) is 0 Å². The summed E-state index contributed by atoms with van der Waals surface area (Å²) in [6, 6.07) is 18.4. The summed E-state index contributed by atoms with van der Waals surface area (Å²) < 4.78 is 12.8. The zero-order valence-electron chi connectivity index (χ0n) is 15.1. The smallest absolute Gasteiger partial charge is 0.165 e. The number of fused-ring (bicyclic) bond motifs is 1. The molecule has 1 aliphatic carbocycles. The Morgan fingerprint density at radius 3 is 2.74 bits per heavy atom. The van der Waals surface area contributed by atoms with Gasteiger partial charge in [-0.25, -0.2) is 0 Å². The molecule has 0 unspecified atom stereocenters. The van der Waals surface area contributed by atoms with Crippen molar-refractivity contribution in [2.24, 2.45) is 0 Å². The minimum absolute atomic E-state index is 0.511. The fourth-order valence-corrected chi connectivity index (χ4v) is 3.70. The van der Waals surface area contributed by atoms with E-state index in [4.69, 9.17) is 9.47 Å². The molecule has 0 aliphatic heterocycles. The Morgan fingerprint density at radius 1 is 1.07 bits per heavy atom. The van der Waals surface area contributed by atoms with E-state index in [9.17, 15) is 0 Å². The molecule has 0 saturated heterocycles. The highest BCUT2D eigenvalue weighted by Crippen LogP contribution is 2.37. The number of rotatable bonds is 6. The summed E-state index contributed by atoms with van der Waals surface area (Å²) in [6.07, 6.45) is 5.77. The van der Waals surface area contributed by atoms with Gasteiger partial charge in [0.2, 0.25) is 0 Å². The average molecular weight is 422 g/mol. The first-order valence-electron chi connectivity index (χ1n) is 8.91. The van der Waals surface area contributed by atoms with Gasteiger partial charge in [-0.2, -0.15) is 0 Å². The minimum Gasteiger partial charge on any atom is -0.493 e. The molecule has 1 aliphatic rings. The van der Waals surface area contributed by atoms with Gasteiger partial charge in [-0.1, -0.05) is 48.5 Å². The van der Waals surface area contributed by atoms with Gasteiger partial charge in [-0.15, -0.1) is 0 Å². The van der Waals surface area contributed by atoms with E-state index in [2.05, 4.69) is 51.3 Å². The van der Waals surface area contributed by atoms with Crippen LogP contribution in [0, 0.1) is 0 Å². The minimum atomic E-state index is 0.511. The number of allylic oxidation sites excluding steroid dienone is 2. The van der Waals surface area contributed by atoms with Crippen molar-refractivity contribution < 1.29 is 9.47 Å². The van der Waals surface area contributed by atoms with E-state index in [0.717, 1.165) is 45.6 Å². The number of halogens is 1. The molecular formula is C23H20BrNO2. The van der Waals surface area contributed by atoms with Crippen molar-refractivity contribution >= 4 is 21.5 Å². The van der Waals surface area contributed by atoms with Gasteiger partial charge >= 0.3 is 0 Å². The van der Waals surface area contributed by atoms with Crippen LogP contribution in [0.3, 0.4) is 0 Å². The van der Waals surface area contributed by atoms with E-state index in [1.54, 1.807) is 7.11 Å². The maximum atomic E-state index is 6.19. The molecule has 0 amide bonds. The number of ether oxygens (including phenoxy) is 2. The van der Waals surface area contributed by atoms with E-state index < -0.39 is 0 Å². The Labute approximate surface area is 167 Å². The van der Waals surface area contributed by atoms with Crippen LogP contribution in [0.4, 0.5) is 0 Å². The largest absolute Gasteiger partial charge is 0.493 e. The quantitative estimate of drug-likeness (QED) is 0.517. The van der Waals surface area contributed by atoms with Crippen molar-refractivity contribution in [1.82, 2.24) is 4.98 Å². The highest BCUT2D eigenvalue weighted by Gasteiger charge is 2.19. The SMILES string of the molecule is COc1cccc(CC2=CCc3ncc(Br)cc32)c1OCc1ccccc1. The summed E-state index contributed by atoms with van der Waals surface area (Å²) in [6.45, 7) is 0.511. The number of methoxy groups -OCH3 is 1. The summed E-state index contributed by atoms with van der Waals surface area (Å²) in [7, 11) is 1.68. The molecule has 1 aromatic heterocycles. The third-order valence-corrected chi connectivity index (χ3v) is 5.15. The summed E-state index contributed by atoms with van der Waals surface area (Å²) in [4.78, 5) is 4.53. The molecule has 27 heavy (non-hydrogen) atoms. The molecule has 0 saturated carbocycles. The van der Waals surface area contributed by atoms with E-state index in [1.807, 2.05) is 36.5 Å². The Kier molecular flexibility index (Phi) is 5.26. The molecule has 2 aromatic carbocycles. The summed E-state index contributed by atoms with van der Waals surface area (Å²) in [5, 5.41) is 0. The molecule has 0 bridgehead atoms. The second kappa shape index (κ2) is 7.97. The van der Waals surface area contributed by atoms with Crippen LogP contribution in [0.1, 0.15) is 22.4 Å². The van der Waals surface area contributed by atoms with E-state index in [0.29, 0.717) is 6.61 Å². The molecule has 3 aromatic rings. The zero-order valence-corrected chi connectivity index (χ0v) is 16.7. The fraction of sp³-hybridized carbons (Fsp3) is 0.174. The first-order valence-corrected chi connectivity index (χ1v) is 9.70. The van der Waals surface area contributed by atoms with Crippen molar-refractivity contribution in [2.75, 3.05) is 7.11 Å². The van der Waals surface area contributed by atoms with Gasteiger partial charge in [0, 0.05) is 34.6 Å². The first-order chi connectivity index (χ1) is 13.2. The normalized spacial score (nSPS) is 12.4. The van der Waals surface area contributed by atoms with Gasteiger partial charge < -0.3 is 9.47 Å². The zero-order chi connectivity index (χ0) is 18.6. The number of benzene rings is 2. The Morgan fingerprint density at radius 2 is 1.93 bits per heavy atom. The summed E-state index contributed by atoms with van der Waals surface area (Å²) in [5.74, 6) is 1.57. The molecule has 4 heteroatoms. The van der Waals surface area contributed by atoms with Crippen molar-refractivity contribution in [3.63, 3.8) is 0 Å². The molecule has 136 valence electrons. The molecule has 0 radical (unpaired) electrons. The number of nitrogens with zero attached hydrogens (tertiary/aromatic N) is 1. The lowest BCUT2D eigenvalue weighted by Crippen LogP contribution is -2.02. The van der Waals surface area contributed by atoms with Crippen LogP contribution < -0.4 is 9.47 Å². The van der Waals surface area contributed by atoms with Crippen LogP contribution in [0.25, 0.3) is 5.57 Å². The molecule has 0 N–H and O–H groups in total. The van der Waals surface area contributed by atoms with Crippen LogP contribution in [0.5, 0.6) is 11.5 Å². The van der Waals surface area contributed by atoms with Crippen LogP contribution in [0.2, 0.25) is 0 Å². The third kappa shape index (κ3) is 3.91. The van der Waals surface area contributed by atoms with Crippen molar-refractivity contribution in [3.05, 3.63) is 93.7 Å². The van der Waals surface area contributed by atoms with Gasteiger partial charge in [0.05, 0.1) is 12.8 Å². The molecule has 4 rings (SSSR count). The molecule has 0 spiro atoms. The Balaban J connectivity index is 1.61. The van der Waals surface area contributed by atoms with Crippen molar-refractivity contribution in [1.29, 1.82) is 0 Å². The lowest BCUT2D eigenvalue weighted by Gasteiger charge is -2.16. The standard InChI is InChI=1S/C23H20BrNO2/c1-26-22-9-5-8-18(23(22)27-15-16-6-3-2-4-7-16)12-17-10-11-21-20(17)13-19(24)14-25-21/h2-10,13-14H,11-12,15H2,1H3. The summed E-state index contributed by atoms with van der Waals surface area (Å²) >= 11 is 3.53. The predicted molar refractivity (Wildman–Crippen MR) is 111 cm³/mol. The van der Waals surface area contributed by atoms with Crippen LogP contribution >= 0.6 is 15.9 Å². The van der Waals surface area contributed by atoms with Gasteiger partial charge in [-0.3, -0.25) is 4.98 Å². The van der Waals surface area contributed by atoms with Gasteiger partial charge in [0.1, 0.15) is 6.61 Å². The number of hydrogen-bond acceptors (Lipinski definition) is 3. The van der Waals surface area contributed by atoms with Gasteiger partial charge in [0.15, 0.2) is 11.5 Å². The lowest BCUT2D eigenvalue weighted by atomic mass is 10.00. The second-order valence-corrected chi connectivity index (χ2v) is 7.40. The van der Waals surface area contributed by atoms with Crippen LogP contribution in [-0.2, 0) is 19.4 Å². The molecule has 1 heterocycles. The van der Waals surface area contributed by atoms with E-state index >= 15 is 0 Å². The maximum Gasteiger partial charge on any atom is 0.165 e. The van der Waals surface area contributed by atoms with Crippen molar-refractivity contribution in [2.45, 2.75) is 19.4 Å². The molecule has 3 nitrogen and oxygen atoms in total.